The van der Waals surface area contributed by atoms with E-state index in [2.05, 4.69) is 9.71 Å². The zero-order chi connectivity index (χ0) is 18.7. The van der Waals surface area contributed by atoms with Crippen LogP contribution in [-0.4, -0.2) is 13.4 Å². The van der Waals surface area contributed by atoms with Crippen molar-refractivity contribution < 1.29 is 21.6 Å². The highest BCUT2D eigenvalue weighted by Gasteiger charge is 2.15. The lowest BCUT2D eigenvalue weighted by Gasteiger charge is -2.05. The fraction of sp³-hybridized carbons (Fsp3) is 0.118. The van der Waals surface area contributed by atoms with Crippen molar-refractivity contribution in [3.63, 3.8) is 0 Å². The zero-order valence-electron chi connectivity index (χ0n) is 13.2. The molecule has 1 heterocycles. The van der Waals surface area contributed by atoms with E-state index in [4.69, 9.17) is 0 Å². The third-order valence-corrected chi connectivity index (χ3v) is 5.71. The van der Waals surface area contributed by atoms with Gasteiger partial charge in [-0.1, -0.05) is 18.2 Å². The summed E-state index contributed by atoms with van der Waals surface area (Å²) in [4.78, 5) is 4.59. The molecule has 3 aromatic rings. The summed E-state index contributed by atoms with van der Waals surface area (Å²) in [5.41, 5.74) is 0.722. The van der Waals surface area contributed by atoms with Crippen molar-refractivity contribution in [3.05, 3.63) is 82.1 Å². The molecule has 26 heavy (non-hydrogen) atoms. The van der Waals surface area contributed by atoms with Crippen LogP contribution in [0.3, 0.4) is 0 Å². The van der Waals surface area contributed by atoms with E-state index in [0.717, 1.165) is 23.5 Å². The highest BCUT2D eigenvalue weighted by atomic mass is 32.2. The lowest BCUT2D eigenvalue weighted by atomic mass is 10.1. The van der Waals surface area contributed by atoms with Gasteiger partial charge in [-0.3, -0.25) is 4.72 Å². The smallest absolute Gasteiger partial charge is 0.238 e. The molecule has 0 amide bonds. The van der Waals surface area contributed by atoms with Gasteiger partial charge in [-0.15, -0.1) is 11.3 Å². The third kappa shape index (κ3) is 4.83. The van der Waals surface area contributed by atoms with Gasteiger partial charge in [0.1, 0.15) is 17.5 Å². The van der Waals surface area contributed by atoms with Gasteiger partial charge in [0, 0.05) is 23.6 Å². The molecule has 0 radical (unpaired) electrons. The maximum atomic E-state index is 13.7. The van der Waals surface area contributed by atoms with Crippen LogP contribution in [0, 0.1) is 17.5 Å². The molecule has 3 rings (SSSR count). The van der Waals surface area contributed by atoms with E-state index in [1.54, 1.807) is 0 Å². The van der Waals surface area contributed by atoms with Gasteiger partial charge in [0.25, 0.3) is 0 Å². The minimum absolute atomic E-state index is 0.143. The van der Waals surface area contributed by atoms with Crippen LogP contribution in [0.2, 0.25) is 0 Å². The number of rotatable bonds is 6. The second-order valence-electron chi connectivity index (χ2n) is 5.53. The van der Waals surface area contributed by atoms with Gasteiger partial charge in [-0.2, -0.15) is 0 Å². The number of hydrogen-bond acceptors (Lipinski definition) is 4. The molecule has 136 valence electrons. The Balaban J connectivity index is 1.68. The van der Waals surface area contributed by atoms with Gasteiger partial charge in [0.2, 0.25) is 10.0 Å². The predicted molar refractivity (Wildman–Crippen MR) is 93.9 cm³/mol. The van der Waals surface area contributed by atoms with E-state index in [1.807, 2.05) is 0 Å². The van der Waals surface area contributed by atoms with Crippen LogP contribution in [-0.2, 0) is 22.2 Å². The fourth-order valence-electron chi connectivity index (χ4n) is 2.26. The number of nitrogens with zero attached hydrogens (tertiary/aromatic N) is 1. The van der Waals surface area contributed by atoms with Gasteiger partial charge in [-0.25, -0.2) is 26.6 Å². The number of sulfonamides is 1. The summed E-state index contributed by atoms with van der Waals surface area (Å²) < 4.78 is 66.2. The van der Waals surface area contributed by atoms with Crippen LogP contribution in [0.25, 0.3) is 0 Å². The summed E-state index contributed by atoms with van der Waals surface area (Å²) in [6.07, 6.45) is 1.60. The second kappa shape index (κ2) is 7.46. The zero-order valence-corrected chi connectivity index (χ0v) is 14.9. The first-order valence-electron chi connectivity index (χ1n) is 7.44. The summed E-state index contributed by atoms with van der Waals surface area (Å²) in [5.74, 6) is -2.10. The van der Waals surface area contributed by atoms with Crippen LogP contribution in [0.4, 0.5) is 18.3 Å². The van der Waals surface area contributed by atoms with Gasteiger partial charge in [-0.05, 0) is 29.3 Å². The molecule has 0 fully saturated rings. The van der Waals surface area contributed by atoms with Crippen molar-refractivity contribution in [3.8, 4) is 0 Å². The molecule has 4 nitrogen and oxygen atoms in total. The van der Waals surface area contributed by atoms with Crippen molar-refractivity contribution in [2.24, 2.45) is 0 Å². The Morgan fingerprint density at radius 1 is 1.00 bits per heavy atom. The van der Waals surface area contributed by atoms with Gasteiger partial charge in [0.05, 0.1) is 5.75 Å². The standard InChI is InChI=1S/C17H13F3N2O2S2/c18-13-4-1-11(2-5-13)10-26(23,24)22-17-21-9-15(25-17)7-12-3-6-14(19)8-16(12)20/h1-6,8-9H,7,10H2,(H,21,22). The molecule has 0 bridgehead atoms. The summed E-state index contributed by atoms with van der Waals surface area (Å²) in [5, 5.41) is 0.143. The summed E-state index contributed by atoms with van der Waals surface area (Å²) in [6, 6.07) is 8.43. The molecule has 0 atom stereocenters. The molecule has 0 aliphatic carbocycles. The van der Waals surface area contributed by atoms with Gasteiger partial charge >= 0.3 is 0 Å². The first-order valence-corrected chi connectivity index (χ1v) is 9.91. The number of benzene rings is 2. The molecular weight excluding hydrogens is 385 g/mol. The summed E-state index contributed by atoms with van der Waals surface area (Å²) in [6.45, 7) is 0. The lowest BCUT2D eigenvalue weighted by Crippen LogP contribution is -2.14. The van der Waals surface area contributed by atoms with E-state index in [9.17, 15) is 21.6 Å². The van der Waals surface area contributed by atoms with Crippen LogP contribution < -0.4 is 4.72 Å². The van der Waals surface area contributed by atoms with Crippen LogP contribution in [0.1, 0.15) is 16.0 Å². The van der Waals surface area contributed by atoms with E-state index in [-0.39, 0.29) is 22.9 Å². The lowest BCUT2D eigenvalue weighted by molar-refractivity contribution is 0.575. The Morgan fingerprint density at radius 3 is 2.38 bits per heavy atom. The minimum Gasteiger partial charge on any atom is -0.258 e. The average molecular weight is 398 g/mol. The molecule has 0 saturated carbocycles. The topological polar surface area (TPSA) is 59.1 Å². The number of thiazole rings is 1. The Bertz CT molecular complexity index is 1020. The van der Waals surface area contributed by atoms with E-state index >= 15 is 0 Å². The highest BCUT2D eigenvalue weighted by molar-refractivity contribution is 7.92. The SMILES string of the molecule is O=S(=O)(Cc1ccc(F)cc1)Nc1ncc(Cc2ccc(F)cc2F)s1. The summed E-state index contributed by atoms with van der Waals surface area (Å²) in [7, 11) is -3.72. The first kappa shape index (κ1) is 18.4. The maximum Gasteiger partial charge on any atom is 0.238 e. The fourth-order valence-corrected chi connectivity index (χ4v) is 4.51. The second-order valence-corrected chi connectivity index (χ2v) is 8.37. The van der Waals surface area contributed by atoms with Crippen molar-refractivity contribution in [2.75, 3.05) is 4.72 Å². The average Bonchev–Trinajstić information content (AvgIpc) is 2.98. The molecule has 1 N–H and O–H groups in total. The summed E-state index contributed by atoms with van der Waals surface area (Å²) >= 11 is 1.06. The largest absolute Gasteiger partial charge is 0.258 e. The number of aromatic nitrogens is 1. The molecule has 0 aliphatic rings. The normalized spacial score (nSPS) is 11.5. The molecule has 0 saturated heterocycles. The first-order chi connectivity index (χ1) is 12.3. The number of hydrogen-bond donors (Lipinski definition) is 1. The molecule has 2 aromatic carbocycles. The molecular formula is C17H13F3N2O2S2. The maximum absolute atomic E-state index is 13.7. The van der Waals surface area contributed by atoms with Crippen molar-refractivity contribution in [2.45, 2.75) is 12.2 Å². The molecule has 0 spiro atoms. The minimum atomic E-state index is -3.72. The van der Waals surface area contributed by atoms with Crippen LogP contribution >= 0.6 is 11.3 Å². The molecule has 9 heteroatoms. The monoisotopic (exact) mass is 398 g/mol. The quantitative estimate of drug-likeness (QED) is 0.680. The predicted octanol–water partition coefficient (Wildman–Crippen LogP) is 4.09. The Hall–Kier alpha value is -2.39. The van der Waals surface area contributed by atoms with Crippen molar-refractivity contribution >= 4 is 26.5 Å². The highest BCUT2D eigenvalue weighted by Crippen LogP contribution is 2.24. The van der Waals surface area contributed by atoms with Gasteiger partial charge < -0.3 is 0 Å². The molecule has 1 aromatic heterocycles. The van der Waals surface area contributed by atoms with E-state index < -0.39 is 27.5 Å². The Labute approximate surface area is 152 Å². The van der Waals surface area contributed by atoms with E-state index in [0.29, 0.717) is 10.4 Å². The number of halogens is 3. The Kier molecular flexibility index (Phi) is 5.28. The number of nitrogens with one attached hydrogen (secondary N) is 1. The molecule has 0 unspecified atom stereocenters. The molecule has 0 aliphatic heterocycles. The van der Waals surface area contributed by atoms with Gasteiger partial charge in [0.15, 0.2) is 5.13 Å². The van der Waals surface area contributed by atoms with Crippen LogP contribution in [0.5, 0.6) is 0 Å². The Morgan fingerprint density at radius 2 is 1.69 bits per heavy atom. The number of anilines is 1. The van der Waals surface area contributed by atoms with E-state index in [1.165, 1.54) is 36.5 Å². The third-order valence-electron chi connectivity index (χ3n) is 3.45. The van der Waals surface area contributed by atoms with Crippen LogP contribution in [0.15, 0.2) is 48.7 Å². The van der Waals surface area contributed by atoms with Crippen molar-refractivity contribution in [1.29, 1.82) is 0 Å². The van der Waals surface area contributed by atoms with Crippen molar-refractivity contribution in [1.82, 2.24) is 4.98 Å².